The van der Waals surface area contributed by atoms with Gasteiger partial charge < -0.3 is 10.5 Å². The number of halogens is 2. The standard InChI is InChI=1S/C13H10ClFN2O3/c14-11-6-10(3-1-8(11)7-16)20-13-4-2-9(15)5-12(13)17(18)19/h1-6H,7,16H2. The van der Waals surface area contributed by atoms with Crippen molar-refractivity contribution in [2.45, 2.75) is 6.54 Å². The zero-order chi connectivity index (χ0) is 14.7. The fourth-order valence-corrected chi connectivity index (χ4v) is 1.85. The van der Waals surface area contributed by atoms with Crippen LogP contribution in [-0.2, 0) is 6.54 Å². The van der Waals surface area contributed by atoms with Gasteiger partial charge in [-0.25, -0.2) is 4.39 Å². The van der Waals surface area contributed by atoms with E-state index in [1.807, 2.05) is 0 Å². The highest BCUT2D eigenvalue weighted by Crippen LogP contribution is 2.33. The van der Waals surface area contributed by atoms with Gasteiger partial charge in [0.15, 0.2) is 0 Å². The zero-order valence-electron chi connectivity index (χ0n) is 10.2. The molecule has 0 atom stereocenters. The number of hydrogen-bond donors (Lipinski definition) is 1. The molecule has 104 valence electrons. The van der Waals surface area contributed by atoms with E-state index >= 15 is 0 Å². The molecule has 0 radical (unpaired) electrons. The van der Waals surface area contributed by atoms with Gasteiger partial charge in [-0.3, -0.25) is 10.1 Å². The highest BCUT2D eigenvalue weighted by atomic mass is 35.5. The van der Waals surface area contributed by atoms with Crippen LogP contribution in [0.25, 0.3) is 0 Å². The summed E-state index contributed by atoms with van der Waals surface area (Å²) in [5, 5.41) is 11.2. The Balaban J connectivity index is 2.35. The molecule has 0 aliphatic heterocycles. The largest absolute Gasteiger partial charge is 0.450 e. The van der Waals surface area contributed by atoms with Gasteiger partial charge >= 0.3 is 5.69 Å². The highest BCUT2D eigenvalue weighted by Gasteiger charge is 2.17. The number of nitro benzene ring substituents is 1. The third-order valence-electron chi connectivity index (χ3n) is 2.59. The molecular weight excluding hydrogens is 287 g/mol. The maximum atomic E-state index is 13.0. The van der Waals surface area contributed by atoms with Gasteiger partial charge in [0.2, 0.25) is 5.75 Å². The van der Waals surface area contributed by atoms with Crippen LogP contribution in [0.2, 0.25) is 5.02 Å². The molecule has 7 heteroatoms. The normalized spacial score (nSPS) is 10.3. The summed E-state index contributed by atoms with van der Waals surface area (Å²) < 4.78 is 18.4. The lowest BCUT2D eigenvalue weighted by molar-refractivity contribution is -0.385. The minimum atomic E-state index is -0.714. The molecule has 0 aliphatic rings. The van der Waals surface area contributed by atoms with Crippen molar-refractivity contribution >= 4 is 17.3 Å². The molecule has 0 bridgehead atoms. The Hall–Kier alpha value is -2.18. The minimum absolute atomic E-state index is 0.0621. The summed E-state index contributed by atoms with van der Waals surface area (Å²) in [4.78, 5) is 10.1. The van der Waals surface area contributed by atoms with Gasteiger partial charge in [-0.1, -0.05) is 17.7 Å². The quantitative estimate of drug-likeness (QED) is 0.690. The smallest absolute Gasteiger partial charge is 0.314 e. The Morgan fingerprint density at radius 1 is 1.30 bits per heavy atom. The first-order chi connectivity index (χ1) is 9.51. The van der Waals surface area contributed by atoms with E-state index in [1.165, 1.54) is 12.1 Å². The lowest BCUT2D eigenvalue weighted by Gasteiger charge is -2.08. The first-order valence-corrected chi connectivity index (χ1v) is 5.99. The number of ether oxygens (including phenoxy) is 1. The van der Waals surface area contributed by atoms with Crippen LogP contribution in [-0.4, -0.2) is 4.92 Å². The molecule has 0 fully saturated rings. The molecule has 2 rings (SSSR count). The lowest BCUT2D eigenvalue weighted by atomic mass is 10.2. The summed E-state index contributed by atoms with van der Waals surface area (Å²) in [5.41, 5.74) is 5.75. The van der Waals surface area contributed by atoms with E-state index in [4.69, 9.17) is 22.1 Å². The number of nitrogens with zero attached hydrogens (tertiary/aromatic N) is 1. The van der Waals surface area contributed by atoms with Gasteiger partial charge in [0.1, 0.15) is 11.6 Å². The second-order valence-electron chi connectivity index (χ2n) is 3.93. The fourth-order valence-electron chi connectivity index (χ4n) is 1.60. The van der Waals surface area contributed by atoms with Crippen molar-refractivity contribution in [2.75, 3.05) is 0 Å². The van der Waals surface area contributed by atoms with Crippen molar-refractivity contribution in [3.8, 4) is 11.5 Å². The topological polar surface area (TPSA) is 78.4 Å². The van der Waals surface area contributed by atoms with Crippen LogP contribution < -0.4 is 10.5 Å². The van der Waals surface area contributed by atoms with Gasteiger partial charge in [0.25, 0.3) is 0 Å². The summed E-state index contributed by atoms with van der Waals surface area (Å²) in [6, 6.07) is 7.81. The van der Waals surface area contributed by atoms with Gasteiger partial charge in [0, 0.05) is 11.6 Å². The number of benzene rings is 2. The van der Waals surface area contributed by atoms with Crippen molar-refractivity contribution in [3.05, 3.63) is 62.9 Å². The molecule has 2 aromatic carbocycles. The van der Waals surface area contributed by atoms with E-state index in [1.54, 1.807) is 12.1 Å². The van der Waals surface area contributed by atoms with Crippen LogP contribution >= 0.6 is 11.6 Å². The van der Waals surface area contributed by atoms with Gasteiger partial charge in [-0.05, 0) is 29.8 Å². The predicted molar refractivity (Wildman–Crippen MR) is 72.5 cm³/mol. The first kappa shape index (κ1) is 14.2. The molecule has 0 aliphatic carbocycles. The third-order valence-corrected chi connectivity index (χ3v) is 2.94. The Bertz CT molecular complexity index is 664. The minimum Gasteiger partial charge on any atom is -0.450 e. The number of hydrogen-bond acceptors (Lipinski definition) is 4. The number of rotatable bonds is 4. The summed E-state index contributed by atoms with van der Waals surface area (Å²) in [6.07, 6.45) is 0. The summed E-state index contributed by atoms with van der Waals surface area (Å²) in [5.74, 6) is -0.463. The van der Waals surface area contributed by atoms with E-state index in [0.717, 1.165) is 17.7 Å². The maximum absolute atomic E-state index is 13.0. The van der Waals surface area contributed by atoms with Crippen molar-refractivity contribution in [1.29, 1.82) is 0 Å². The maximum Gasteiger partial charge on any atom is 0.314 e. The Morgan fingerprint density at radius 2 is 2.05 bits per heavy atom. The fraction of sp³-hybridized carbons (Fsp3) is 0.0769. The molecule has 0 amide bonds. The lowest BCUT2D eigenvalue weighted by Crippen LogP contribution is -1.98. The molecule has 0 heterocycles. The van der Waals surface area contributed by atoms with Crippen LogP contribution in [0, 0.1) is 15.9 Å². The van der Waals surface area contributed by atoms with Gasteiger partial charge in [0.05, 0.1) is 11.0 Å². The van der Waals surface area contributed by atoms with E-state index in [-0.39, 0.29) is 12.3 Å². The molecule has 0 saturated carbocycles. The van der Waals surface area contributed by atoms with Crippen LogP contribution in [0.1, 0.15) is 5.56 Å². The number of nitro groups is 1. The molecule has 0 unspecified atom stereocenters. The molecule has 0 aromatic heterocycles. The second-order valence-corrected chi connectivity index (χ2v) is 4.34. The van der Waals surface area contributed by atoms with Crippen molar-refractivity contribution in [2.24, 2.45) is 5.73 Å². The molecule has 20 heavy (non-hydrogen) atoms. The summed E-state index contributed by atoms with van der Waals surface area (Å²) >= 11 is 5.97. The molecule has 2 N–H and O–H groups in total. The monoisotopic (exact) mass is 296 g/mol. The van der Waals surface area contributed by atoms with E-state index < -0.39 is 16.4 Å². The Labute approximate surface area is 118 Å². The first-order valence-electron chi connectivity index (χ1n) is 5.61. The van der Waals surface area contributed by atoms with E-state index in [0.29, 0.717) is 10.8 Å². The van der Waals surface area contributed by atoms with Crippen LogP contribution in [0.3, 0.4) is 0 Å². The van der Waals surface area contributed by atoms with Crippen LogP contribution in [0.15, 0.2) is 36.4 Å². The van der Waals surface area contributed by atoms with Crippen LogP contribution in [0.5, 0.6) is 11.5 Å². The van der Waals surface area contributed by atoms with E-state index in [2.05, 4.69) is 0 Å². The highest BCUT2D eigenvalue weighted by molar-refractivity contribution is 6.31. The van der Waals surface area contributed by atoms with E-state index in [9.17, 15) is 14.5 Å². The SMILES string of the molecule is NCc1ccc(Oc2ccc(F)cc2[N+](=O)[O-])cc1Cl. The molecule has 5 nitrogen and oxygen atoms in total. The third kappa shape index (κ3) is 3.04. The molecular formula is C13H10ClFN2O3. The summed E-state index contributed by atoms with van der Waals surface area (Å²) in [6.45, 7) is 0.274. The summed E-state index contributed by atoms with van der Waals surface area (Å²) in [7, 11) is 0. The Morgan fingerprint density at radius 3 is 2.65 bits per heavy atom. The zero-order valence-corrected chi connectivity index (χ0v) is 10.9. The average Bonchev–Trinajstić information content (AvgIpc) is 2.41. The Kier molecular flexibility index (Phi) is 4.16. The predicted octanol–water partition coefficient (Wildman–Crippen LogP) is 3.64. The van der Waals surface area contributed by atoms with Crippen molar-refractivity contribution in [3.63, 3.8) is 0 Å². The average molecular weight is 297 g/mol. The van der Waals surface area contributed by atoms with Gasteiger partial charge in [-0.2, -0.15) is 0 Å². The second kappa shape index (κ2) is 5.85. The van der Waals surface area contributed by atoms with Crippen LogP contribution in [0.4, 0.5) is 10.1 Å². The molecule has 0 saturated heterocycles. The number of nitrogens with two attached hydrogens (primary N) is 1. The van der Waals surface area contributed by atoms with Crippen molar-refractivity contribution in [1.82, 2.24) is 0 Å². The van der Waals surface area contributed by atoms with Gasteiger partial charge in [-0.15, -0.1) is 0 Å². The van der Waals surface area contributed by atoms with Crippen molar-refractivity contribution < 1.29 is 14.1 Å². The molecule has 0 spiro atoms. The molecule has 2 aromatic rings.